The van der Waals surface area contributed by atoms with E-state index in [1.165, 1.54) is 7.11 Å². The quantitative estimate of drug-likeness (QED) is 0.406. The van der Waals surface area contributed by atoms with Gasteiger partial charge in [0.1, 0.15) is 0 Å². The standard InChI is InChI=1S/C9H12N2O2/c1-6-3-7(9(12)13-2)5-8(4-6)11-10/h3-5,11H,10H2,1-2H3. The molecule has 0 amide bonds. The largest absolute Gasteiger partial charge is 0.465 e. The summed E-state index contributed by atoms with van der Waals surface area (Å²) < 4.78 is 4.58. The first-order valence-electron chi connectivity index (χ1n) is 3.84. The summed E-state index contributed by atoms with van der Waals surface area (Å²) in [4.78, 5) is 11.1. The molecule has 0 aliphatic rings. The maximum atomic E-state index is 11.1. The molecule has 0 saturated heterocycles. The van der Waals surface area contributed by atoms with Crippen LogP contribution in [0.2, 0.25) is 0 Å². The van der Waals surface area contributed by atoms with Crippen LogP contribution in [-0.4, -0.2) is 13.1 Å². The third-order valence-electron chi connectivity index (χ3n) is 1.67. The molecule has 0 radical (unpaired) electrons. The minimum Gasteiger partial charge on any atom is -0.465 e. The molecule has 1 aromatic rings. The molecule has 0 fully saturated rings. The lowest BCUT2D eigenvalue weighted by molar-refractivity contribution is 0.0600. The Morgan fingerprint density at radius 2 is 2.15 bits per heavy atom. The fourth-order valence-corrected chi connectivity index (χ4v) is 1.10. The first-order valence-corrected chi connectivity index (χ1v) is 3.84. The van der Waals surface area contributed by atoms with E-state index in [1.54, 1.807) is 12.1 Å². The first kappa shape index (κ1) is 9.54. The molecule has 0 aliphatic heterocycles. The zero-order chi connectivity index (χ0) is 9.84. The van der Waals surface area contributed by atoms with E-state index in [0.717, 1.165) is 5.56 Å². The maximum absolute atomic E-state index is 11.1. The molecule has 0 saturated carbocycles. The molecule has 1 aromatic carbocycles. The number of carbonyl (C=O) groups is 1. The number of hydrazine groups is 1. The number of esters is 1. The predicted octanol–water partition coefficient (Wildman–Crippen LogP) is 1.07. The van der Waals surface area contributed by atoms with E-state index < -0.39 is 0 Å². The van der Waals surface area contributed by atoms with Gasteiger partial charge in [0.25, 0.3) is 0 Å². The lowest BCUT2D eigenvalue weighted by Crippen LogP contribution is -2.09. The van der Waals surface area contributed by atoms with Crippen LogP contribution in [0.5, 0.6) is 0 Å². The highest BCUT2D eigenvalue weighted by Crippen LogP contribution is 2.13. The van der Waals surface area contributed by atoms with Crippen molar-refractivity contribution in [2.45, 2.75) is 6.92 Å². The Kier molecular flexibility index (Phi) is 2.87. The highest BCUT2D eigenvalue weighted by atomic mass is 16.5. The number of hydrogen-bond donors (Lipinski definition) is 2. The fraction of sp³-hybridized carbons (Fsp3) is 0.222. The molecular formula is C9H12N2O2. The van der Waals surface area contributed by atoms with E-state index in [-0.39, 0.29) is 5.97 Å². The average Bonchev–Trinajstić information content (AvgIpc) is 2.15. The van der Waals surface area contributed by atoms with Crippen molar-refractivity contribution in [3.05, 3.63) is 29.3 Å². The molecule has 0 atom stereocenters. The minimum atomic E-state index is -0.361. The summed E-state index contributed by atoms with van der Waals surface area (Å²) >= 11 is 0. The zero-order valence-electron chi connectivity index (χ0n) is 7.63. The van der Waals surface area contributed by atoms with E-state index in [2.05, 4.69) is 10.2 Å². The Balaban J connectivity index is 3.08. The minimum absolute atomic E-state index is 0.361. The van der Waals surface area contributed by atoms with Crippen molar-refractivity contribution < 1.29 is 9.53 Å². The van der Waals surface area contributed by atoms with E-state index >= 15 is 0 Å². The van der Waals surface area contributed by atoms with Crippen molar-refractivity contribution in [1.29, 1.82) is 0 Å². The molecule has 4 heteroatoms. The molecule has 0 bridgehead atoms. The lowest BCUT2D eigenvalue weighted by atomic mass is 10.1. The number of anilines is 1. The highest BCUT2D eigenvalue weighted by molar-refractivity contribution is 5.90. The second kappa shape index (κ2) is 3.91. The number of nitrogens with two attached hydrogens (primary N) is 1. The Labute approximate surface area is 76.7 Å². The van der Waals surface area contributed by atoms with Crippen LogP contribution in [0.4, 0.5) is 5.69 Å². The SMILES string of the molecule is COC(=O)c1cc(C)cc(NN)c1. The summed E-state index contributed by atoms with van der Waals surface area (Å²) in [5.74, 6) is 4.87. The van der Waals surface area contributed by atoms with Gasteiger partial charge in [0.05, 0.1) is 12.7 Å². The van der Waals surface area contributed by atoms with Gasteiger partial charge in [-0.25, -0.2) is 4.79 Å². The molecule has 70 valence electrons. The normalized spacial score (nSPS) is 9.46. The summed E-state index contributed by atoms with van der Waals surface area (Å²) in [5.41, 5.74) is 4.62. The number of hydrogen-bond acceptors (Lipinski definition) is 4. The van der Waals surface area contributed by atoms with E-state index in [0.29, 0.717) is 11.3 Å². The summed E-state index contributed by atoms with van der Waals surface area (Å²) in [5, 5.41) is 0. The van der Waals surface area contributed by atoms with Crippen LogP contribution in [0.3, 0.4) is 0 Å². The molecule has 0 heterocycles. The van der Waals surface area contributed by atoms with Gasteiger partial charge in [-0.1, -0.05) is 0 Å². The van der Waals surface area contributed by atoms with Crippen molar-refractivity contribution in [3.63, 3.8) is 0 Å². The molecule has 0 spiro atoms. The number of nitrogen functional groups attached to an aromatic ring is 1. The maximum Gasteiger partial charge on any atom is 0.337 e. The van der Waals surface area contributed by atoms with Gasteiger partial charge in [-0.3, -0.25) is 5.84 Å². The number of nitrogens with one attached hydrogen (secondary N) is 1. The van der Waals surface area contributed by atoms with Gasteiger partial charge in [0, 0.05) is 5.69 Å². The molecule has 0 aromatic heterocycles. The Morgan fingerprint density at radius 1 is 1.46 bits per heavy atom. The monoisotopic (exact) mass is 180 g/mol. The van der Waals surface area contributed by atoms with Crippen LogP contribution in [0.15, 0.2) is 18.2 Å². The molecule has 3 N–H and O–H groups in total. The van der Waals surface area contributed by atoms with Crippen LogP contribution in [-0.2, 0) is 4.74 Å². The van der Waals surface area contributed by atoms with Crippen molar-refractivity contribution in [2.75, 3.05) is 12.5 Å². The number of rotatable bonds is 2. The van der Waals surface area contributed by atoms with Gasteiger partial charge in [-0.15, -0.1) is 0 Å². The van der Waals surface area contributed by atoms with E-state index in [1.807, 2.05) is 13.0 Å². The van der Waals surface area contributed by atoms with Gasteiger partial charge < -0.3 is 10.2 Å². The van der Waals surface area contributed by atoms with Gasteiger partial charge in [-0.2, -0.15) is 0 Å². The van der Waals surface area contributed by atoms with Crippen molar-refractivity contribution in [1.82, 2.24) is 0 Å². The van der Waals surface area contributed by atoms with Crippen LogP contribution in [0.1, 0.15) is 15.9 Å². The Morgan fingerprint density at radius 3 is 2.69 bits per heavy atom. The zero-order valence-corrected chi connectivity index (χ0v) is 7.63. The number of carbonyl (C=O) groups excluding carboxylic acids is 1. The molecule has 0 aliphatic carbocycles. The second-order valence-corrected chi connectivity index (χ2v) is 2.72. The smallest absolute Gasteiger partial charge is 0.337 e. The highest BCUT2D eigenvalue weighted by Gasteiger charge is 2.06. The summed E-state index contributed by atoms with van der Waals surface area (Å²) in [6.45, 7) is 1.88. The van der Waals surface area contributed by atoms with Crippen molar-refractivity contribution in [3.8, 4) is 0 Å². The molecule has 13 heavy (non-hydrogen) atoms. The van der Waals surface area contributed by atoms with Crippen LogP contribution < -0.4 is 11.3 Å². The van der Waals surface area contributed by atoms with Crippen LogP contribution >= 0.6 is 0 Å². The first-order chi connectivity index (χ1) is 6.17. The van der Waals surface area contributed by atoms with Crippen molar-refractivity contribution in [2.24, 2.45) is 5.84 Å². The van der Waals surface area contributed by atoms with Gasteiger partial charge in [0.2, 0.25) is 0 Å². The average molecular weight is 180 g/mol. The van der Waals surface area contributed by atoms with Crippen molar-refractivity contribution >= 4 is 11.7 Å². The van der Waals surface area contributed by atoms with E-state index in [9.17, 15) is 4.79 Å². The molecule has 4 nitrogen and oxygen atoms in total. The summed E-state index contributed by atoms with van der Waals surface area (Å²) in [6, 6.07) is 5.22. The Bertz CT molecular complexity index is 323. The van der Waals surface area contributed by atoms with E-state index in [4.69, 9.17) is 5.84 Å². The lowest BCUT2D eigenvalue weighted by Gasteiger charge is -2.04. The van der Waals surface area contributed by atoms with Gasteiger partial charge in [-0.05, 0) is 30.7 Å². The molecule has 0 unspecified atom stereocenters. The second-order valence-electron chi connectivity index (χ2n) is 2.72. The molecule has 1 rings (SSSR count). The van der Waals surface area contributed by atoms with Gasteiger partial charge >= 0.3 is 5.97 Å². The summed E-state index contributed by atoms with van der Waals surface area (Å²) in [6.07, 6.45) is 0. The molecular weight excluding hydrogens is 168 g/mol. The number of benzene rings is 1. The number of ether oxygens (including phenoxy) is 1. The Hall–Kier alpha value is -1.55. The predicted molar refractivity (Wildman–Crippen MR) is 50.3 cm³/mol. The number of aryl methyl sites for hydroxylation is 1. The summed E-state index contributed by atoms with van der Waals surface area (Å²) in [7, 11) is 1.35. The van der Waals surface area contributed by atoms with Crippen LogP contribution in [0.25, 0.3) is 0 Å². The van der Waals surface area contributed by atoms with Crippen LogP contribution in [0, 0.1) is 6.92 Å². The third-order valence-corrected chi connectivity index (χ3v) is 1.67. The topological polar surface area (TPSA) is 64.3 Å². The fourth-order valence-electron chi connectivity index (χ4n) is 1.10. The number of methoxy groups -OCH3 is 1. The van der Waals surface area contributed by atoms with Gasteiger partial charge in [0.15, 0.2) is 0 Å². The third kappa shape index (κ3) is 2.19.